The Morgan fingerprint density at radius 2 is 1.84 bits per heavy atom. The minimum atomic E-state index is -3.34. The maximum absolute atomic E-state index is 12.2. The molecule has 0 fully saturated rings. The second kappa shape index (κ2) is 7.14. The number of benzene rings is 1. The standard InChI is InChI=1S/C15H20O3S/c1-4-6-11-18-14(5-2)12-19(16,17)15-9-7-13(3)8-10-15/h4-10H,11-12H2,1-3H3/b6-4+,14-5+. The van der Waals surface area contributed by atoms with Crippen molar-refractivity contribution < 1.29 is 13.2 Å². The van der Waals surface area contributed by atoms with Crippen molar-refractivity contribution in [1.29, 1.82) is 0 Å². The summed E-state index contributed by atoms with van der Waals surface area (Å²) in [7, 11) is -3.34. The zero-order chi connectivity index (χ0) is 14.3. The first-order valence-corrected chi connectivity index (χ1v) is 7.83. The summed E-state index contributed by atoms with van der Waals surface area (Å²) in [6.07, 6.45) is 5.39. The molecule has 0 radical (unpaired) electrons. The van der Waals surface area contributed by atoms with Crippen molar-refractivity contribution in [3.63, 3.8) is 0 Å². The van der Waals surface area contributed by atoms with E-state index in [1.165, 1.54) is 0 Å². The molecular formula is C15H20O3S. The van der Waals surface area contributed by atoms with Crippen molar-refractivity contribution in [3.05, 3.63) is 53.8 Å². The Morgan fingerprint density at radius 1 is 1.21 bits per heavy atom. The molecule has 4 heteroatoms. The topological polar surface area (TPSA) is 43.4 Å². The van der Waals surface area contributed by atoms with E-state index in [-0.39, 0.29) is 5.75 Å². The summed E-state index contributed by atoms with van der Waals surface area (Å²) >= 11 is 0. The SMILES string of the molecule is C/C=C/CO/C(=C/C)CS(=O)(=O)c1ccc(C)cc1. The van der Waals surface area contributed by atoms with Gasteiger partial charge in [0, 0.05) is 0 Å². The number of sulfone groups is 1. The van der Waals surface area contributed by atoms with E-state index in [4.69, 9.17) is 4.74 Å². The quantitative estimate of drug-likeness (QED) is 0.593. The molecule has 0 aromatic heterocycles. The predicted molar refractivity (Wildman–Crippen MR) is 77.8 cm³/mol. The summed E-state index contributed by atoms with van der Waals surface area (Å²) in [6, 6.07) is 6.85. The van der Waals surface area contributed by atoms with Crippen LogP contribution in [-0.2, 0) is 14.6 Å². The summed E-state index contributed by atoms with van der Waals surface area (Å²) in [5.74, 6) is 0.364. The molecule has 0 bridgehead atoms. The fourth-order valence-electron chi connectivity index (χ4n) is 1.48. The van der Waals surface area contributed by atoms with Crippen LogP contribution in [0, 0.1) is 6.92 Å². The molecule has 0 aliphatic heterocycles. The van der Waals surface area contributed by atoms with Crippen molar-refractivity contribution in [2.75, 3.05) is 12.4 Å². The summed E-state index contributed by atoms with van der Waals surface area (Å²) < 4.78 is 29.8. The first-order chi connectivity index (χ1) is 8.99. The van der Waals surface area contributed by atoms with Gasteiger partial charge in [-0.25, -0.2) is 8.42 Å². The lowest BCUT2D eigenvalue weighted by Gasteiger charge is -2.09. The molecule has 1 aromatic rings. The highest BCUT2D eigenvalue weighted by Crippen LogP contribution is 2.15. The zero-order valence-electron chi connectivity index (χ0n) is 11.6. The highest BCUT2D eigenvalue weighted by Gasteiger charge is 2.17. The normalized spacial score (nSPS) is 12.9. The van der Waals surface area contributed by atoms with Gasteiger partial charge in [-0.2, -0.15) is 0 Å². The molecule has 0 spiro atoms. The van der Waals surface area contributed by atoms with Crippen LogP contribution in [0.2, 0.25) is 0 Å². The molecule has 0 aliphatic carbocycles. The average molecular weight is 280 g/mol. The van der Waals surface area contributed by atoms with E-state index in [9.17, 15) is 8.42 Å². The molecule has 1 aromatic carbocycles. The molecule has 0 atom stereocenters. The molecule has 0 aliphatic rings. The van der Waals surface area contributed by atoms with E-state index >= 15 is 0 Å². The van der Waals surface area contributed by atoms with Gasteiger partial charge in [0.25, 0.3) is 0 Å². The van der Waals surface area contributed by atoms with Gasteiger partial charge < -0.3 is 4.74 Å². The van der Waals surface area contributed by atoms with Crippen molar-refractivity contribution in [3.8, 4) is 0 Å². The minimum absolute atomic E-state index is 0.107. The molecule has 3 nitrogen and oxygen atoms in total. The molecule has 19 heavy (non-hydrogen) atoms. The van der Waals surface area contributed by atoms with Gasteiger partial charge in [0.15, 0.2) is 9.84 Å². The largest absolute Gasteiger partial charge is 0.493 e. The molecule has 0 heterocycles. The van der Waals surface area contributed by atoms with Crippen LogP contribution in [-0.4, -0.2) is 20.8 Å². The van der Waals surface area contributed by atoms with Gasteiger partial charge in [-0.15, -0.1) is 0 Å². The van der Waals surface area contributed by atoms with Crippen LogP contribution >= 0.6 is 0 Å². The van der Waals surface area contributed by atoms with E-state index < -0.39 is 9.84 Å². The van der Waals surface area contributed by atoms with Gasteiger partial charge in [-0.1, -0.05) is 29.8 Å². The number of allylic oxidation sites excluding steroid dienone is 2. The number of hydrogen-bond acceptors (Lipinski definition) is 3. The summed E-state index contributed by atoms with van der Waals surface area (Å²) in [5, 5.41) is 0. The molecular weight excluding hydrogens is 260 g/mol. The Hall–Kier alpha value is -1.55. The lowest BCUT2D eigenvalue weighted by Crippen LogP contribution is -2.11. The van der Waals surface area contributed by atoms with Crippen LogP contribution in [0.4, 0.5) is 0 Å². The van der Waals surface area contributed by atoms with Crippen LogP contribution in [0.25, 0.3) is 0 Å². The van der Waals surface area contributed by atoms with E-state index in [2.05, 4.69) is 0 Å². The monoisotopic (exact) mass is 280 g/mol. The maximum Gasteiger partial charge on any atom is 0.185 e. The van der Waals surface area contributed by atoms with Gasteiger partial charge >= 0.3 is 0 Å². The minimum Gasteiger partial charge on any atom is -0.493 e. The van der Waals surface area contributed by atoms with Crippen molar-refractivity contribution in [2.45, 2.75) is 25.7 Å². The van der Waals surface area contributed by atoms with Gasteiger partial charge in [0.05, 0.1) is 4.90 Å². The molecule has 0 saturated carbocycles. The third-order valence-electron chi connectivity index (χ3n) is 2.64. The molecule has 0 unspecified atom stereocenters. The van der Waals surface area contributed by atoms with E-state index in [1.54, 1.807) is 37.3 Å². The predicted octanol–water partition coefficient (Wildman–Crippen LogP) is 3.27. The van der Waals surface area contributed by atoms with Crippen LogP contribution in [0.3, 0.4) is 0 Å². The highest BCUT2D eigenvalue weighted by atomic mass is 32.2. The average Bonchev–Trinajstić information content (AvgIpc) is 2.38. The molecule has 0 amide bonds. The summed E-state index contributed by atoms with van der Waals surface area (Å²) in [6.45, 7) is 5.98. The summed E-state index contributed by atoms with van der Waals surface area (Å²) in [5.41, 5.74) is 1.04. The Labute approximate surface area is 115 Å². The third-order valence-corrected chi connectivity index (χ3v) is 4.29. The Morgan fingerprint density at radius 3 is 2.37 bits per heavy atom. The first-order valence-electron chi connectivity index (χ1n) is 6.18. The number of rotatable bonds is 6. The number of aryl methyl sites for hydroxylation is 1. The molecule has 0 N–H and O–H groups in total. The zero-order valence-corrected chi connectivity index (χ0v) is 12.4. The first kappa shape index (κ1) is 15.5. The van der Waals surface area contributed by atoms with Crippen molar-refractivity contribution in [2.24, 2.45) is 0 Å². The highest BCUT2D eigenvalue weighted by molar-refractivity contribution is 7.91. The van der Waals surface area contributed by atoms with Gasteiger partial charge in [-0.3, -0.25) is 0 Å². The van der Waals surface area contributed by atoms with Crippen LogP contribution in [0.15, 0.2) is 53.1 Å². The number of hydrogen-bond donors (Lipinski definition) is 0. The Bertz CT molecular complexity index is 552. The van der Waals surface area contributed by atoms with Crippen LogP contribution in [0.5, 0.6) is 0 Å². The summed E-state index contributed by atoms with van der Waals surface area (Å²) in [4.78, 5) is 0.326. The smallest absolute Gasteiger partial charge is 0.185 e. The van der Waals surface area contributed by atoms with E-state index in [0.717, 1.165) is 5.56 Å². The van der Waals surface area contributed by atoms with Gasteiger partial charge in [0.2, 0.25) is 0 Å². The molecule has 104 valence electrons. The lowest BCUT2D eigenvalue weighted by molar-refractivity contribution is 0.250. The Kier molecular flexibility index (Phi) is 5.83. The second-order valence-corrected chi connectivity index (χ2v) is 6.20. The number of ether oxygens (including phenoxy) is 1. The second-order valence-electron chi connectivity index (χ2n) is 4.21. The Balaban J connectivity index is 2.80. The lowest BCUT2D eigenvalue weighted by atomic mass is 10.2. The third kappa shape index (κ3) is 4.91. The van der Waals surface area contributed by atoms with Crippen molar-refractivity contribution >= 4 is 9.84 Å². The van der Waals surface area contributed by atoms with E-state index in [1.807, 2.05) is 26.0 Å². The van der Waals surface area contributed by atoms with E-state index in [0.29, 0.717) is 17.3 Å². The van der Waals surface area contributed by atoms with Gasteiger partial charge in [-0.05, 0) is 39.0 Å². The maximum atomic E-state index is 12.2. The van der Waals surface area contributed by atoms with Gasteiger partial charge in [0.1, 0.15) is 18.1 Å². The fraction of sp³-hybridized carbons (Fsp3) is 0.333. The molecule has 1 rings (SSSR count). The van der Waals surface area contributed by atoms with Crippen LogP contribution < -0.4 is 0 Å². The molecule has 0 saturated heterocycles. The van der Waals surface area contributed by atoms with Crippen molar-refractivity contribution in [1.82, 2.24) is 0 Å². The van der Waals surface area contributed by atoms with Crippen LogP contribution in [0.1, 0.15) is 19.4 Å². The fourth-order valence-corrected chi connectivity index (χ4v) is 2.82.